The van der Waals surface area contributed by atoms with Gasteiger partial charge in [-0.15, -0.1) is 12.4 Å². The van der Waals surface area contributed by atoms with Crippen LogP contribution in [0.2, 0.25) is 0 Å². The molecule has 1 saturated heterocycles. The lowest BCUT2D eigenvalue weighted by Crippen LogP contribution is -2.19. The second kappa shape index (κ2) is 2.71. The fourth-order valence-corrected chi connectivity index (χ4v) is 2.48. The van der Waals surface area contributed by atoms with E-state index in [1.165, 1.54) is 12.8 Å². The molecular weight excluding hydrogens is 174 g/mol. The molecule has 1 heterocycles. The summed E-state index contributed by atoms with van der Waals surface area (Å²) >= 11 is 0. The normalized spacial score (nSPS) is 43.2. The van der Waals surface area contributed by atoms with Crippen LogP contribution in [0.1, 0.15) is 12.8 Å². The Balaban J connectivity index is 0.000000563. The number of nitrogens with one attached hydrogen (secondary N) is 1. The minimum Gasteiger partial charge on any atom is -0.316 e. The fourth-order valence-electron chi connectivity index (χ4n) is 2.48. The summed E-state index contributed by atoms with van der Waals surface area (Å²) < 4.78 is 0. The highest BCUT2D eigenvalue weighted by Crippen LogP contribution is 2.52. The van der Waals surface area contributed by atoms with Gasteiger partial charge < -0.3 is 5.32 Å². The Bertz CT molecular complexity index is 205. The number of halogens is 1. The summed E-state index contributed by atoms with van der Waals surface area (Å²) in [6.45, 7) is 2.21. The molecule has 3 aliphatic rings. The van der Waals surface area contributed by atoms with E-state index in [1.54, 1.807) is 0 Å². The number of hydrogen-bond donors (Lipinski definition) is 1. The van der Waals surface area contributed by atoms with Gasteiger partial charge in [0.05, 0.1) is 0 Å². The molecule has 3 heteroatoms. The third kappa shape index (κ3) is 1.09. The Morgan fingerprint density at radius 2 is 1.75 bits per heavy atom. The van der Waals surface area contributed by atoms with E-state index in [-0.39, 0.29) is 12.4 Å². The Labute approximate surface area is 78.5 Å². The SMILES string of the molecule is Cl.O=C(C1CC1)C1C2CNCC21. The number of ketones is 1. The van der Waals surface area contributed by atoms with E-state index < -0.39 is 0 Å². The molecule has 68 valence electrons. The molecule has 2 nitrogen and oxygen atoms in total. The molecule has 0 radical (unpaired) electrons. The van der Waals surface area contributed by atoms with Crippen LogP contribution in [0.3, 0.4) is 0 Å². The van der Waals surface area contributed by atoms with E-state index in [9.17, 15) is 4.79 Å². The molecule has 2 atom stereocenters. The molecule has 0 aromatic rings. The quantitative estimate of drug-likeness (QED) is 0.695. The van der Waals surface area contributed by atoms with Crippen molar-refractivity contribution in [1.82, 2.24) is 5.32 Å². The monoisotopic (exact) mass is 187 g/mol. The number of piperidine rings is 1. The third-order valence-electron chi connectivity index (χ3n) is 3.40. The number of Topliss-reactive ketones (excluding diaryl/α,β-unsaturated/α-hetero) is 1. The van der Waals surface area contributed by atoms with E-state index >= 15 is 0 Å². The van der Waals surface area contributed by atoms with Crippen LogP contribution in [0.25, 0.3) is 0 Å². The first kappa shape index (κ1) is 8.52. The lowest BCUT2D eigenvalue weighted by molar-refractivity contribution is -0.122. The van der Waals surface area contributed by atoms with Gasteiger partial charge in [-0.3, -0.25) is 4.79 Å². The highest BCUT2D eigenvalue weighted by atomic mass is 35.5. The van der Waals surface area contributed by atoms with Gasteiger partial charge >= 0.3 is 0 Å². The standard InChI is InChI=1S/C9H13NO.ClH/c11-9(5-1-2-5)8-6-3-10-4-7(6)8;/h5-8,10H,1-4H2;1H. The summed E-state index contributed by atoms with van der Waals surface area (Å²) in [5, 5.41) is 3.31. The van der Waals surface area contributed by atoms with Gasteiger partial charge in [0.2, 0.25) is 0 Å². The van der Waals surface area contributed by atoms with Crippen LogP contribution in [0.5, 0.6) is 0 Å². The Kier molecular flexibility index (Phi) is 1.92. The number of hydrogen-bond acceptors (Lipinski definition) is 2. The fraction of sp³-hybridized carbons (Fsp3) is 0.889. The zero-order chi connectivity index (χ0) is 7.42. The van der Waals surface area contributed by atoms with Crippen LogP contribution >= 0.6 is 12.4 Å². The highest BCUT2D eigenvalue weighted by molar-refractivity contribution is 5.88. The summed E-state index contributed by atoms with van der Waals surface area (Å²) in [5.74, 6) is 3.06. The van der Waals surface area contributed by atoms with Crippen molar-refractivity contribution < 1.29 is 4.79 Å². The lowest BCUT2D eigenvalue weighted by Gasteiger charge is -2.00. The minimum atomic E-state index is 0. The van der Waals surface area contributed by atoms with E-state index in [2.05, 4.69) is 5.32 Å². The van der Waals surface area contributed by atoms with Crippen LogP contribution in [0.4, 0.5) is 0 Å². The maximum absolute atomic E-state index is 11.6. The van der Waals surface area contributed by atoms with Gasteiger partial charge in [-0.25, -0.2) is 0 Å². The third-order valence-corrected chi connectivity index (χ3v) is 3.40. The van der Waals surface area contributed by atoms with Crippen molar-refractivity contribution in [1.29, 1.82) is 0 Å². The molecule has 3 rings (SSSR count). The maximum Gasteiger partial charge on any atom is 0.139 e. The first-order valence-electron chi connectivity index (χ1n) is 4.62. The van der Waals surface area contributed by atoms with Crippen molar-refractivity contribution in [2.75, 3.05) is 13.1 Å². The molecule has 1 N–H and O–H groups in total. The summed E-state index contributed by atoms with van der Waals surface area (Å²) in [6.07, 6.45) is 2.37. The topological polar surface area (TPSA) is 29.1 Å². The molecular formula is C9H14ClNO. The number of rotatable bonds is 2. The molecule has 0 spiro atoms. The summed E-state index contributed by atoms with van der Waals surface area (Å²) in [5.41, 5.74) is 0. The summed E-state index contributed by atoms with van der Waals surface area (Å²) in [7, 11) is 0. The average Bonchev–Trinajstić information content (AvgIpc) is 2.91. The molecule has 12 heavy (non-hydrogen) atoms. The predicted molar refractivity (Wildman–Crippen MR) is 48.3 cm³/mol. The first-order valence-corrected chi connectivity index (χ1v) is 4.62. The van der Waals surface area contributed by atoms with Crippen molar-refractivity contribution in [3.8, 4) is 0 Å². The molecule has 3 fully saturated rings. The number of carbonyl (C=O) groups excluding carboxylic acids is 1. The van der Waals surface area contributed by atoms with Crippen LogP contribution < -0.4 is 5.32 Å². The smallest absolute Gasteiger partial charge is 0.139 e. The first-order chi connectivity index (χ1) is 5.38. The van der Waals surface area contributed by atoms with Crippen LogP contribution in [0.15, 0.2) is 0 Å². The molecule has 2 aliphatic carbocycles. The number of fused-ring (bicyclic) bond motifs is 1. The van der Waals surface area contributed by atoms with Crippen LogP contribution in [-0.4, -0.2) is 18.9 Å². The molecule has 0 bridgehead atoms. The molecule has 0 amide bonds. The largest absolute Gasteiger partial charge is 0.316 e. The van der Waals surface area contributed by atoms with E-state index in [1.807, 2.05) is 0 Å². The highest BCUT2D eigenvalue weighted by Gasteiger charge is 2.58. The molecule has 0 aromatic carbocycles. The Morgan fingerprint density at radius 1 is 1.17 bits per heavy atom. The van der Waals surface area contributed by atoms with Crippen molar-refractivity contribution in [3.63, 3.8) is 0 Å². The second-order valence-corrected chi connectivity index (χ2v) is 4.19. The summed E-state index contributed by atoms with van der Waals surface area (Å²) in [4.78, 5) is 11.6. The maximum atomic E-state index is 11.6. The molecule has 2 saturated carbocycles. The number of carbonyl (C=O) groups is 1. The Morgan fingerprint density at radius 3 is 2.25 bits per heavy atom. The van der Waals surface area contributed by atoms with Gasteiger partial charge in [-0.05, 0) is 37.8 Å². The Hall–Kier alpha value is -0.0800. The zero-order valence-electron chi connectivity index (χ0n) is 6.95. The van der Waals surface area contributed by atoms with Crippen molar-refractivity contribution in [3.05, 3.63) is 0 Å². The van der Waals surface area contributed by atoms with E-state index in [4.69, 9.17) is 0 Å². The van der Waals surface area contributed by atoms with E-state index in [0.29, 0.717) is 17.6 Å². The van der Waals surface area contributed by atoms with Gasteiger partial charge in [0, 0.05) is 11.8 Å². The molecule has 0 aromatic heterocycles. The zero-order valence-corrected chi connectivity index (χ0v) is 7.77. The van der Waals surface area contributed by atoms with Crippen LogP contribution in [-0.2, 0) is 4.79 Å². The van der Waals surface area contributed by atoms with Gasteiger partial charge in [0.1, 0.15) is 5.78 Å². The van der Waals surface area contributed by atoms with Gasteiger partial charge in [0.15, 0.2) is 0 Å². The lowest BCUT2D eigenvalue weighted by atomic mass is 10.1. The van der Waals surface area contributed by atoms with Crippen molar-refractivity contribution >= 4 is 18.2 Å². The average molecular weight is 188 g/mol. The predicted octanol–water partition coefficient (Wildman–Crippen LogP) is 0.853. The van der Waals surface area contributed by atoms with Gasteiger partial charge in [-0.1, -0.05) is 0 Å². The van der Waals surface area contributed by atoms with Crippen LogP contribution in [0, 0.1) is 23.7 Å². The second-order valence-electron chi connectivity index (χ2n) is 4.19. The van der Waals surface area contributed by atoms with E-state index in [0.717, 1.165) is 24.9 Å². The van der Waals surface area contributed by atoms with Crippen molar-refractivity contribution in [2.45, 2.75) is 12.8 Å². The van der Waals surface area contributed by atoms with Gasteiger partial charge in [-0.2, -0.15) is 0 Å². The minimum absolute atomic E-state index is 0. The molecule has 1 aliphatic heterocycles. The summed E-state index contributed by atoms with van der Waals surface area (Å²) in [6, 6.07) is 0. The molecule has 2 unspecified atom stereocenters. The van der Waals surface area contributed by atoms with Gasteiger partial charge in [0.25, 0.3) is 0 Å². The van der Waals surface area contributed by atoms with Crippen molar-refractivity contribution in [2.24, 2.45) is 23.7 Å².